The van der Waals surface area contributed by atoms with Gasteiger partial charge in [0.25, 0.3) is 5.91 Å². The number of anilines is 1. The number of aryl methyl sites for hydroxylation is 2. The van der Waals surface area contributed by atoms with Gasteiger partial charge in [0.15, 0.2) is 0 Å². The second-order valence-corrected chi connectivity index (χ2v) is 6.52. The van der Waals surface area contributed by atoms with Gasteiger partial charge in [-0.15, -0.1) is 0 Å². The van der Waals surface area contributed by atoms with Gasteiger partial charge in [0.05, 0.1) is 0 Å². The van der Waals surface area contributed by atoms with Crippen molar-refractivity contribution in [1.82, 2.24) is 15.3 Å². The summed E-state index contributed by atoms with van der Waals surface area (Å²) in [5.41, 5.74) is 3.95. The number of nitrogens with zero attached hydrogens (tertiary/aromatic N) is 2. The van der Waals surface area contributed by atoms with Crippen molar-refractivity contribution in [2.24, 2.45) is 0 Å². The molecule has 1 aromatic heterocycles. The van der Waals surface area contributed by atoms with E-state index in [2.05, 4.69) is 45.7 Å². The highest BCUT2D eigenvalue weighted by Crippen LogP contribution is 2.10. The Morgan fingerprint density at radius 1 is 0.926 bits per heavy atom. The molecule has 2 aromatic carbocycles. The molecule has 0 spiro atoms. The number of carbonyl (C=O) groups is 1. The van der Waals surface area contributed by atoms with Crippen molar-refractivity contribution in [2.45, 2.75) is 26.8 Å². The molecule has 0 saturated heterocycles. The summed E-state index contributed by atoms with van der Waals surface area (Å²) in [5, 5.41) is 6.20. The van der Waals surface area contributed by atoms with Gasteiger partial charge >= 0.3 is 0 Å². The number of aromatic nitrogens is 2. The molecule has 0 aliphatic heterocycles. The van der Waals surface area contributed by atoms with Gasteiger partial charge in [-0.2, -0.15) is 0 Å². The Labute approximate surface area is 159 Å². The van der Waals surface area contributed by atoms with E-state index in [-0.39, 0.29) is 5.91 Å². The third kappa shape index (κ3) is 5.64. The third-order valence-corrected chi connectivity index (χ3v) is 4.17. The third-order valence-electron chi connectivity index (χ3n) is 4.17. The first-order chi connectivity index (χ1) is 13.1. The molecule has 0 fully saturated rings. The molecule has 0 aliphatic rings. The first kappa shape index (κ1) is 18.6. The first-order valence-corrected chi connectivity index (χ1v) is 9.07. The Bertz CT molecular complexity index is 909. The van der Waals surface area contributed by atoms with E-state index in [0.717, 1.165) is 6.42 Å². The average Bonchev–Trinajstić information content (AvgIpc) is 2.67. The molecule has 3 rings (SSSR count). The van der Waals surface area contributed by atoms with Crippen LogP contribution in [-0.2, 0) is 13.0 Å². The van der Waals surface area contributed by atoms with E-state index in [1.165, 1.54) is 16.7 Å². The highest BCUT2D eigenvalue weighted by molar-refractivity contribution is 5.92. The average molecular weight is 360 g/mol. The van der Waals surface area contributed by atoms with Crippen LogP contribution in [0.2, 0.25) is 0 Å². The molecule has 27 heavy (non-hydrogen) atoms. The predicted octanol–water partition coefficient (Wildman–Crippen LogP) is 3.68. The largest absolute Gasteiger partial charge is 0.366 e. The van der Waals surface area contributed by atoms with Crippen molar-refractivity contribution < 1.29 is 4.79 Å². The number of hydrogen-bond acceptors (Lipinski definition) is 4. The van der Waals surface area contributed by atoms with E-state index in [0.29, 0.717) is 30.4 Å². The van der Waals surface area contributed by atoms with Gasteiger partial charge in [-0.05, 0) is 31.4 Å². The van der Waals surface area contributed by atoms with E-state index >= 15 is 0 Å². The molecular weight excluding hydrogens is 336 g/mol. The summed E-state index contributed by atoms with van der Waals surface area (Å²) in [5.74, 6) is 1.03. The Kier molecular flexibility index (Phi) is 6.15. The first-order valence-electron chi connectivity index (χ1n) is 9.07. The minimum absolute atomic E-state index is 0.185. The minimum Gasteiger partial charge on any atom is -0.366 e. The zero-order valence-corrected chi connectivity index (χ0v) is 15.7. The van der Waals surface area contributed by atoms with Crippen LogP contribution in [0.3, 0.4) is 0 Å². The van der Waals surface area contributed by atoms with Gasteiger partial charge in [-0.3, -0.25) is 4.79 Å². The van der Waals surface area contributed by atoms with Crippen molar-refractivity contribution in [1.29, 1.82) is 0 Å². The number of benzene rings is 2. The fraction of sp³-hybridized carbons (Fsp3) is 0.227. The zero-order valence-electron chi connectivity index (χ0n) is 15.7. The second kappa shape index (κ2) is 8.94. The quantitative estimate of drug-likeness (QED) is 0.674. The number of rotatable bonds is 7. The van der Waals surface area contributed by atoms with Gasteiger partial charge in [0.1, 0.15) is 17.3 Å². The van der Waals surface area contributed by atoms with E-state index in [9.17, 15) is 4.79 Å². The van der Waals surface area contributed by atoms with Crippen molar-refractivity contribution >= 4 is 11.7 Å². The normalized spacial score (nSPS) is 10.4. The molecule has 0 aliphatic carbocycles. The van der Waals surface area contributed by atoms with Gasteiger partial charge in [-0.1, -0.05) is 60.2 Å². The number of amides is 1. The summed E-state index contributed by atoms with van der Waals surface area (Å²) in [6.07, 6.45) is 0.787. The molecular formula is C22H24N4O. The molecule has 138 valence electrons. The summed E-state index contributed by atoms with van der Waals surface area (Å²) in [7, 11) is 0. The topological polar surface area (TPSA) is 66.9 Å². The van der Waals surface area contributed by atoms with Gasteiger partial charge < -0.3 is 10.6 Å². The van der Waals surface area contributed by atoms with E-state index in [1.807, 2.05) is 36.4 Å². The molecule has 1 amide bonds. The molecule has 0 unspecified atom stereocenters. The standard InChI is InChI=1S/C22H24N4O/c1-16-7-6-10-19(13-16)15-24-21-14-20(25-17(2)26-21)22(27)23-12-11-18-8-4-3-5-9-18/h3-10,13-14H,11-12,15H2,1-2H3,(H,23,27)(H,24,25,26). The maximum Gasteiger partial charge on any atom is 0.270 e. The maximum absolute atomic E-state index is 12.4. The molecule has 0 bridgehead atoms. The van der Waals surface area contributed by atoms with Crippen molar-refractivity contribution in [2.75, 3.05) is 11.9 Å². The fourth-order valence-electron chi connectivity index (χ4n) is 2.84. The monoisotopic (exact) mass is 360 g/mol. The molecule has 0 atom stereocenters. The Balaban J connectivity index is 1.59. The van der Waals surface area contributed by atoms with Crippen LogP contribution in [0.4, 0.5) is 5.82 Å². The van der Waals surface area contributed by atoms with Crippen LogP contribution in [0, 0.1) is 13.8 Å². The molecule has 3 aromatic rings. The fourth-order valence-corrected chi connectivity index (χ4v) is 2.84. The Morgan fingerprint density at radius 3 is 2.48 bits per heavy atom. The van der Waals surface area contributed by atoms with Crippen LogP contribution in [-0.4, -0.2) is 22.4 Å². The van der Waals surface area contributed by atoms with E-state index in [1.54, 1.807) is 13.0 Å². The van der Waals surface area contributed by atoms with Crippen LogP contribution in [0.25, 0.3) is 0 Å². The number of nitrogens with one attached hydrogen (secondary N) is 2. The van der Waals surface area contributed by atoms with Crippen LogP contribution in [0.1, 0.15) is 33.0 Å². The molecule has 5 heteroatoms. The van der Waals surface area contributed by atoms with Crippen LogP contribution in [0.15, 0.2) is 60.7 Å². The Hall–Kier alpha value is -3.21. The SMILES string of the molecule is Cc1cccc(CNc2cc(C(=O)NCCc3ccccc3)nc(C)n2)c1. The molecule has 5 nitrogen and oxygen atoms in total. The summed E-state index contributed by atoms with van der Waals surface area (Å²) in [4.78, 5) is 21.1. The van der Waals surface area contributed by atoms with Crippen LogP contribution in [0.5, 0.6) is 0 Å². The van der Waals surface area contributed by atoms with E-state index < -0.39 is 0 Å². The highest BCUT2D eigenvalue weighted by Gasteiger charge is 2.10. The second-order valence-electron chi connectivity index (χ2n) is 6.52. The summed E-state index contributed by atoms with van der Waals surface area (Å²) in [6, 6.07) is 20.1. The maximum atomic E-state index is 12.4. The van der Waals surface area contributed by atoms with Gasteiger partial charge in [0.2, 0.25) is 0 Å². The minimum atomic E-state index is -0.185. The van der Waals surface area contributed by atoms with Gasteiger partial charge in [0, 0.05) is 19.2 Å². The lowest BCUT2D eigenvalue weighted by Crippen LogP contribution is -2.27. The van der Waals surface area contributed by atoms with Gasteiger partial charge in [-0.25, -0.2) is 9.97 Å². The van der Waals surface area contributed by atoms with Crippen molar-refractivity contribution in [3.8, 4) is 0 Å². The Morgan fingerprint density at radius 2 is 1.70 bits per heavy atom. The smallest absolute Gasteiger partial charge is 0.270 e. The lowest BCUT2D eigenvalue weighted by molar-refractivity contribution is 0.0949. The lowest BCUT2D eigenvalue weighted by atomic mass is 10.1. The zero-order chi connectivity index (χ0) is 19.1. The molecule has 1 heterocycles. The molecule has 0 radical (unpaired) electrons. The van der Waals surface area contributed by atoms with E-state index in [4.69, 9.17) is 0 Å². The van der Waals surface area contributed by atoms with Crippen molar-refractivity contribution in [3.05, 3.63) is 88.9 Å². The number of hydrogen-bond donors (Lipinski definition) is 2. The molecule has 2 N–H and O–H groups in total. The lowest BCUT2D eigenvalue weighted by Gasteiger charge is -2.10. The highest BCUT2D eigenvalue weighted by atomic mass is 16.1. The summed E-state index contributed by atoms with van der Waals surface area (Å²) >= 11 is 0. The van der Waals surface area contributed by atoms with Crippen LogP contribution >= 0.6 is 0 Å². The van der Waals surface area contributed by atoms with Crippen molar-refractivity contribution in [3.63, 3.8) is 0 Å². The predicted molar refractivity (Wildman–Crippen MR) is 108 cm³/mol. The molecule has 0 saturated carbocycles. The van der Waals surface area contributed by atoms with Crippen LogP contribution < -0.4 is 10.6 Å². The number of carbonyl (C=O) groups excluding carboxylic acids is 1. The summed E-state index contributed by atoms with van der Waals surface area (Å²) in [6.45, 7) is 5.07. The summed E-state index contributed by atoms with van der Waals surface area (Å²) < 4.78 is 0.